The maximum atomic E-state index is 13.0. The minimum Gasteiger partial charge on any atom is -0.457 e. The molecule has 0 aliphatic carbocycles. The van der Waals surface area contributed by atoms with Gasteiger partial charge in [0.05, 0.1) is 0 Å². The Labute approximate surface area is 176 Å². The molecule has 0 spiro atoms. The average molecular weight is 400 g/mol. The summed E-state index contributed by atoms with van der Waals surface area (Å²) in [6, 6.07) is 24.0. The van der Waals surface area contributed by atoms with Crippen molar-refractivity contribution < 1.29 is 14.3 Å². The lowest BCUT2D eigenvalue weighted by Gasteiger charge is -2.39. The van der Waals surface area contributed by atoms with Gasteiger partial charge in [-0.25, -0.2) is 0 Å². The van der Waals surface area contributed by atoms with Crippen LogP contribution in [-0.4, -0.2) is 35.8 Å². The third-order valence-corrected chi connectivity index (χ3v) is 5.42. The topological polar surface area (TPSA) is 49.9 Å². The summed E-state index contributed by atoms with van der Waals surface area (Å²) in [7, 11) is 0. The van der Waals surface area contributed by atoms with Gasteiger partial charge in [-0.3, -0.25) is 9.59 Å². The smallest absolute Gasteiger partial charge is 0.254 e. The average Bonchev–Trinajstić information content (AvgIpc) is 2.77. The van der Waals surface area contributed by atoms with Gasteiger partial charge >= 0.3 is 0 Å². The van der Waals surface area contributed by atoms with Gasteiger partial charge in [-0.1, -0.05) is 36.4 Å². The number of aryl methyl sites for hydroxylation is 1. The quantitative estimate of drug-likeness (QED) is 0.640. The molecular weight excluding hydrogens is 376 g/mol. The predicted molar refractivity (Wildman–Crippen MR) is 117 cm³/mol. The standard InChI is InChI=1S/C25H24N2O3/c1-18-8-6-7-11-23(18)25(29)26-16-17-27(24(28)19(26)2)20-12-14-22(15-13-20)30-21-9-4-3-5-10-21/h3-15,19H,16-17H2,1-2H3. The fourth-order valence-electron chi connectivity index (χ4n) is 3.69. The van der Waals surface area contributed by atoms with Crippen LogP contribution < -0.4 is 9.64 Å². The molecule has 0 radical (unpaired) electrons. The minimum atomic E-state index is -0.522. The number of carbonyl (C=O) groups is 2. The molecule has 3 aromatic rings. The van der Waals surface area contributed by atoms with Gasteiger partial charge in [0, 0.05) is 24.3 Å². The maximum Gasteiger partial charge on any atom is 0.254 e. The van der Waals surface area contributed by atoms with Gasteiger partial charge in [-0.2, -0.15) is 0 Å². The number of para-hydroxylation sites is 1. The van der Waals surface area contributed by atoms with Crippen LogP contribution in [-0.2, 0) is 4.79 Å². The van der Waals surface area contributed by atoms with Gasteiger partial charge in [-0.05, 0) is 61.9 Å². The van der Waals surface area contributed by atoms with Crippen molar-refractivity contribution in [3.05, 3.63) is 90.0 Å². The first-order valence-electron chi connectivity index (χ1n) is 10.1. The van der Waals surface area contributed by atoms with Crippen LogP contribution in [0.4, 0.5) is 5.69 Å². The second-order valence-corrected chi connectivity index (χ2v) is 7.39. The monoisotopic (exact) mass is 400 g/mol. The molecule has 1 fully saturated rings. The second-order valence-electron chi connectivity index (χ2n) is 7.39. The molecule has 3 aromatic carbocycles. The first-order valence-corrected chi connectivity index (χ1v) is 10.1. The van der Waals surface area contributed by atoms with E-state index in [-0.39, 0.29) is 11.8 Å². The van der Waals surface area contributed by atoms with Crippen molar-refractivity contribution in [1.29, 1.82) is 0 Å². The molecule has 5 heteroatoms. The van der Waals surface area contributed by atoms with E-state index in [1.165, 1.54) is 0 Å². The van der Waals surface area contributed by atoms with E-state index in [1.54, 1.807) is 16.7 Å². The van der Waals surface area contributed by atoms with E-state index in [0.29, 0.717) is 24.4 Å². The molecule has 5 nitrogen and oxygen atoms in total. The van der Waals surface area contributed by atoms with E-state index < -0.39 is 6.04 Å². The van der Waals surface area contributed by atoms with Crippen LogP contribution in [0.5, 0.6) is 11.5 Å². The Morgan fingerprint density at radius 2 is 1.50 bits per heavy atom. The van der Waals surface area contributed by atoms with Crippen molar-refractivity contribution in [3.8, 4) is 11.5 Å². The SMILES string of the molecule is Cc1ccccc1C(=O)N1CCN(c2ccc(Oc3ccccc3)cc2)C(=O)C1C. The second kappa shape index (κ2) is 8.41. The Kier molecular flexibility index (Phi) is 5.53. The number of carbonyl (C=O) groups excluding carboxylic acids is 2. The lowest BCUT2D eigenvalue weighted by Crippen LogP contribution is -2.57. The summed E-state index contributed by atoms with van der Waals surface area (Å²) in [5.41, 5.74) is 2.36. The van der Waals surface area contributed by atoms with Gasteiger partial charge in [0.2, 0.25) is 5.91 Å². The van der Waals surface area contributed by atoms with Crippen LogP contribution in [0.3, 0.4) is 0 Å². The summed E-state index contributed by atoms with van der Waals surface area (Å²) >= 11 is 0. The Balaban J connectivity index is 1.46. The van der Waals surface area contributed by atoms with E-state index in [0.717, 1.165) is 17.0 Å². The highest BCUT2D eigenvalue weighted by molar-refractivity contribution is 6.03. The molecule has 0 N–H and O–H groups in total. The number of hydrogen-bond acceptors (Lipinski definition) is 3. The van der Waals surface area contributed by atoms with Gasteiger partial charge in [0.25, 0.3) is 5.91 Å². The van der Waals surface area contributed by atoms with Crippen molar-refractivity contribution in [2.24, 2.45) is 0 Å². The normalized spacial score (nSPS) is 16.5. The Hall–Kier alpha value is -3.60. The Bertz CT molecular complexity index is 1050. The number of nitrogens with zero attached hydrogens (tertiary/aromatic N) is 2. The molecular formula is C25H24N2O3. The van der Waals surface area contributed by atoms with Gasteiger partial charge in [-0.15, -0.1) is 0 Å². The highest BCUT2D eigenvalue weighted by atomic mass is 16.5. The van der Waals surface area contributed by atoms with Gasteiger partial charge in [0.15, 0.2) is 0 Å². The molecule has 2 amide bonds. The van der Waals surface area contributed by atoms with Crippen LogP contribution in [0.2, 0.25) is 0 Å². The van der Waals surface area contributed by atoms with E-state index in [4.69, 9.17) is 4.74 Å². The first kappa shape index (κ1) is 19.7. The lowest BCUT2D eigenvalue weighted by molar-refractivity contribution is -0.124. The number of rotatable bonds is 4. The summed E-state index contributed by atoms with van der Waals surface area (Å²) in [5.74, 6) is 1.29. The number of piperazine rings is 1. The van der Waals surface area contributed by atoms with Crippen LogP contribution >= 0.6 is 0 Å². The molecule has 0 saturated carbocycles. The molecule has 0 aromatic heterocycles. The molecule has 30 heavy (non-hydrogen) atoms. The fourth-order valence-corrected chi connectivity index (χ4v) is 3.69. The van der Waals surface area contributed by atoms with E-state index >= 15 is 0 Å². The Morgan fingerprint density at radius 3 is 2.20 bits per heavy atom. The number of benzene rings is 3. The van der Waals surface area contributed by atoms with E-state index in [2.05, 4.69) is 0 Å². The van der Waals surface area contributed by atoms with Gasteiger partial charge < -0.3 is 14.5 Å². The molecule has 4 rings (SSSR count). The lowest BCUT2D eigenvalue weighted by atomic mass is 10.0. The van der Waals surface area contributed by atoms with Crippen LogP contribution in [0.15, 0.2) is 78.9 Å². The summed E-state index contributed by atoms with van der Waals surface area (Å²) < 4.78 is 5.82. The summed E-state index contributed by atoms with van der Waals surface area (Å²) in [5, 5.41) is 0. The molecule has 1 saturated heterocycles. The highest BCUT2D eigenvalue weighted by Crippen LogP contribution is 2.27. The van der Waals surface area contributed by atoms with E-state index in [1.807, 2.05) is 85.8 Å². The van der Waals surface area contributed by atoms with Crippen molar-refractivity contribution in [1.82, 2.24) is 4.90 Å². The predicted octanol–water partition coefficient (Wildman–Crippen LogP) is 4.66. The van der Waals surface area contributed by atoms with Crippen molar-refractivity contribution in [2.75, 3.05) is 18.0 Å². The number of hydrogen-bond donors (Lipinski definition) is 0. The van der Waals surface area contributed by atoms with Crippen LogP contribution in [0.25, 0.3) is 0 Å². The zero-order valence-corrected chi connectivity index (χ0v) is 17.1. The highest BCUT2D eigenvalue weighted by Gasteiger charge is 2.35. The van der Waals surface area contributed by atoms with E-state index in [9.17, 15) is 9.59 Å². The summed E-state index contributed by atoms with van der Waals surface area (Å²) in [6.07, 6.45) is 0. The number of anilines is 1. The zero-order chi connectivity index (χ0) is 21.1. The minimum absolute atomic E-state index is 0.0834. The molecule has 1 atom stereocenters. The van der Waals surface area contributed by atoms with Crippen molar-refractivity contribution >= 4 is 17.5 Å². The largest absolute Gasteiger partial charge is 0.457 e. The number of ether oxygens (including phenoxy) is 1. The molecule has 0 bridgehead atoms. The van der Waals surface area contributed by atoms with Gasteiger partial charge in [0.1, 0.15) is 17.5 Å². The molecule has 152 valence electrons. The molecule has 1 unspecified atom stereocenters. The maximum absolute atomic E-state index is 13.0. The van der Waals surface area contributed by atoms with Crippen molar-refractivity contribution in [3.63, 3.8) is 0 Å². The molecule has 1 aliphatic heterocycles. The number of amides is 2. The zero-order valence-electron chi connectivity index (χ0n) is 17.1. The summed E-state index contributed by atoms with van der Waals surface area (Å²) in [6.45, 7) is 4.65. The summed E-state index contributed by atoms with van der Waals surface area (Å²) in [4.78, 5) is 29.4. The third kappa shape index (κ3) is 3.92. The fraction of sp³-hybridized carbons (Fsp3) is 0.200. The third-order valence-electron chi connectivity index (χ3n) is 5.42. The molecule has 1 heterocycles. The first-order chi connectivity index (χ1) is 14.5. The van der Waals surface area contributed by atoms with Crippen LogP contribution in [0, 0.1) is 6.92 Å². The molecule has 1 aliphatic rings. The van der Waals surface area contributed by atoms with Crippen molar-refractivity contribution in [2.45, 2.75) is 19.9 Å². The Morgan fingerprint density at radius 1 is 0.867 bits per heavy atom. The van der Waals surface area contributed by atoms with Crippen LogP contribution in [0.1, 0.15) is 22.8 Å².